The van der Waals surface area contributed by atoms with Crippen molar-refractivity contribution in [2.75, 3.05) is 30.9 Å². The molecule has 2 aromatic heterocycles. The maximum absolute atomic E-state index is 12.2. The lowest BCUT2D eigenvalue weighted by atomic mass is 10.3. The minimum atomic E-state index is 0.270. The Morgan fingerprint density at radius 1 is 1.32 bits per heavy atom. The summed E-state index contributed by atoms with van der Waals surface area (Å²) in [6.45, 7) is 2.82. The van der Waals surface area contributed by atoms with Crippen molar-refractivity contribution in [1.29, 1.82) is 0 Å². The first-order valence-electron chi connectivity index (χ1n) is 8.67. The van der Waals surface area contributed by atoms with Gasteiger partial charge in [-0.2, -0.15) is 0 Å². The average molecular weight is 341 g/mol. The molecule has 8 heteroatoms. The van der Waals surface area contributed by atoms with Crippen molar-refractivity contribution >= 4 is 17.5 Å². The van der Waals surface area contributed by atoms with Gasteiger partial charge in [-0.25, -0.2) is 15.0 Å². The first-order chi connectivity index (χ1) is 12.1. The highest BCUT2D eigenvalue weighted by atomic mass is 16.2. The molecule has 3 heterocycles. The zero-order valence-corrected chi connectivity index (χ0v) is 14.6. The zero-order chi connectivity index (χ0) is 17.4. The van der Waals surface area contributed by atoms with Gasteiger partial charge < -0.3 is 19.7 Å². The largest absolute Gasteiger partial charge is 0.364 e. The van der Waals surface area contributed by atoms with Gasteiger partial charge in [0.2, 0.25) is 5.91 Å². The third-order valence-electron chi connectivity index (χ3n) is 4.65. The third kappa shape index (κ3) is 3.42. The molecule has 1 aliphatic heterocycles. The van der Waals surface area contributed by atoms with Crippen LogP contribution < -0.4 is 10.2 Å². The molecule has 8 nitrogen and oxygen atoms in total. The number of nitrogens with one attached hydrogen (secondary N) is 1. The lowest BCUT2D eigenvalue weighted by molar-refractivity contribution is -0.134. The smallest absolute Gasteiger partial charge is 0.226 e. The van der Waals surface area contributed by atoms with Crippen molar-refractivity contribution in [2.24, 2.45) is 5.92 Å². The number of carbonyl (C=O) groups is 1. The Kier molecular flexibility index (Phi) is 4.03. The molecule has 4 rings (SSSR count). The normalized spacial score (nSPS) is 16.5. The molecule has 0 saturated heterocycles. The molecule has 2 aromatic rings. The molecule has 0 atom stereocenters. The van der Waals surface area contributed by atoms with Gasteiger partial charge in [-0.1, -0.05) is 0 Å². The van der Waals surface area contributed by atoms with Crippen molar-refractivity contribution in [3.05, 3.63) is 30.1 Å². The molecule has 2 aliphatic rings. The molecule has 1 amide bonds. The number of amides is 1. The molecule has 1 N–H and O–H groups in total. The Bertz CT molecular complexity index is 781. The molecule has 0 unspecified atom stereocenters. The second-order valence-corrected chi connectivity index (χ2v) is 6.89. The maximum Gasteiger partial charge on any atom is 0.226 e. The number of rotatable bonds is 5. The Balaban J connectivity index is 1.40. The number of aromatic nitrogens is 4. The van der Waals surface area contributed by atoms with E-state index in [2.05, 4.69) is 31.0 Å². The summed E-state index contributed by atoms with van der Waals surface area (Å²) >= 11 is 0. The maximum atomic E-state index is 12.2. The predicted octanol–water partition coefficient (Wildman–Crippen LogP) is 1.10. The van der Waals surface area contributed by atoms with Crippen LogP contribution >= 0.6 is 0 Å². The number of hydrogen-bond acceptors (Lipinski definition) is 6. The third-order valence-corrected chi connectivity index (χ3v) is 4.65. The highest BCUT2D eigenvalue weighted by Gasteiger charge is 2.35. The molecule has 0 aromatic carbocycles. The average Bonchev–Trinajstić information content (AvgIpc) is 3.38. The van der Waals surface area contributed by atoms with E-state index in [1.807, 2.05) is 30.0 Å². The van der Waals surface area contributed by atoms with Gasteiger partial charge in [0.1, 0.15) is 23.8 Å². The first kappa shape index (κ1) is 15.9. The van der Waals surface area contributed by atoms with Gasteiger partial charge in [-0.05, 0) is 12.8 Å². The first-order valence-corrected chi connectivity index (χ1v) is 8.67. The van der Waals surface area contributed by atoms with E-state index >= 15 is 0 Å². The lowest BCUT2D eigenvalue weighted by Crippen LogP contribution is -2.39. The van der Waals surface area contributed by atoms with Gasteiger partial charge in [-0.15, -0.1) is 0 Å². The number of anilines is 2. The molecule has 132 valence electrons. The zero-order valence-electron chi connectivity index (χ0n) is 14.6. The van der Waals surface area contributed by atoms with Gasteiger partial charge in [-0.3, -0.25) is 4.79 Å². The van der Waals surface area contributed by atoms with Crippen LogP contribution in [0.1, 0.15) is 24.4 Å². The van der Waals surface area contributed by atoms with Crippen molar-refractivity contribution < 1.29 is 4.79 Å². The second-order valence-electron chi connectivity index (χ2n) is 6.89. The Morgan fingerprint density at radius 2 is 2.16 bits per heavy atom. The molecule has 0 spiro atoms. The van der Waals surface area contributed by atoms with Crippen molar-refractivity contribution in [2.45, 2.75) is 32.5 Å². The second kappa shape index (κ2) is 6.34. The summed E-state index contributed by atoms with van der Waals surface area (Å²) in [7, 11) is 3.90. The van der Waals surface area contributed by atoms with E-state index in [-0.39, 0.29) is 5.92 Å². The van der Waals surface area contributed by atoms with E-state index in [1.54, 1.807) is 6.33 Å². The number of imidazole rings is 1. The number of hydrogen-bond donors (Lipinski definition) is 1. The quantitative estimate of drug-likeness (QED) is 0.877. The minimum absolute atomic E-state index is 0.270. The highest BCUT2D eigenvalue weighted by Crippen LogP contribution is 2.32. The summed E-state index contributed by atoms with van der Waals surface area (Å²) in [4.78, 5) is 29.3. The summed E-state index contributed by atoms with van der Waals surface area (Å²) in [6.07, 6.45) is 5.71. The number of fused-ring (bicyclic) bond motifs is 1. The molecule has 0 bridgehead atoms. The topological polar surface area (TPSA) is 79.2 Å². The highest BCUT2D eigenvalue weighted by molar-refractivity contribution is 5.81. The van der Waals surface area contributed by atoms with Crippen LogP contribution in [0.5, 0.6) is 0 Å². The van der Waals surface area contributed by atoms with Gasteiger partial charge in [0.25, 0.3) is 0 Å². The minimum Gasteiger partial charge on any atom is -0.364 e. The van der Waals surface area contributed by atoms with Gasteiger partial charge >= 0.3 is 0 Å². The van der Waals surface area contributed by atoms with E-state index in [1.165, 1.54) is 0 Å². The van der Waals surface area contributed by atoms with Crippen molar-refractivity contribution in [1.82, 2.24) is 24.4 Å². The van der Waals surface area contributed by atoms with Gasteiger partial charge in [0.05, 0.1) is 18.8 Å². The van der Waals surface area contributed by atoms with Crippen molar-refractivity contribution in [3.63, 3.8) is 0 Å². The molecule has 1 aliphatic carbocycles. The fraction of sp³-hybridized carbons (Fsp3) is 0.529. The summed E-state index contributed by atoms with van der Waals surface area (Å²) in [5.41, 5.74) is 0.959. The molecule has 0 radical (unpaired) electrons. The van der Waals surface area contributed by atoms with Crippen LogP contribution in [0.25, 0.3) is 0 Å². The summed E-state index contributed by atoms with van der Waals surface area (Å²) < 4.78 is 2.15. The van der Waals surface area contributed by atoms with Crippen LogP contribution in [0.4, 0.5) is 11.6 Å². The van der Waals surface area contributed by atoms with Crippen molar-refractivity contribution in [3.8, 4) is 0 Å². The van der Waals surface area contributed by atoms with Gasteiger partial charge in [0.15, 0.2) is 0 Å². The van der Waals surface area contributed by atoms with Crippen LogP contribution in [-0.4, -0.2) is 51.0 Å². The predicted molar refractivity (Wildman–Crippen MR) is 94.1 cm³/mol. The molecule has 25 heavy (non-hydrogen) atoms. The molecular weight excluding hydrogens is 318 g/mol. The van der Waals surface area contributed by atoms with Crippen LogP contribution in [0, 0.1) is 5.92 Å². The summed E-state index contributed by atoms with van der Waals surface area (Å²) in [6, 6.07) is 1.91. The molecule has 1 saturated carbocycles. The SMILES string of the molecule is CN(C)c1cc(NCc2cn3c(n2)CN(C(=O)C2CC2)CC3)ncn1. The summed E-state index contributed by atoms with van der Waals surface area (Å²) in [5.74, 6) is 3.16. The lowest BCUT2D eigenvalue weighted by Gasteiger charge is -2.27. The Hall–Kier alpha value is -2.64. The van der Waals surface area contributed by atoms with Crippen LogP contribution in [-0.2, 0) is 24.4 Å². The molecule has 1 fully saturated rings. The van der Waals surface area contributed by atoms with E-state index in [0.717, 1.165) is 49.1 Å². The van der Waals surface area contributed by atoms with Gasteiger partial charge in [0, 0.05) is 45.4 Å². The van der Waals surface area contributed by atoms with Crippen LogP contribution in [0.15, 0.2) is 18.6 Å². The van der Waals surface area contributed by atoms with E-state index in [9.17, 15) is 4.79 Å². The van der Waals surface area contributed by atoms with E-state index in [4.69, 9.17) is 0 Å². The Labute approximate surface area is 146 Å². The molecular formula is C17H23N7O. The monoisotopic (exact) mass is 341 g/mol. The van der Waals surface area contributed by atoms with E-state index in [0.29, 0.717) is 19.0 Å². The fourth-order valence-corrected chi connectivity index (χ4v) is 3.04. The fourth-order valence-electron chi connectivity index (χ4n) is 3.04. The van der Waals surface area contributed by atoms with Crippen LogP contribution in [0.2, 0.25) is 0 Å². The van der Waals surface area contributed by atoms with E-state index < -0.39 is 0 Å². The standard InChI is InChI=1S/C17H23N7O/c1-22(2)15-7-14(19-11-20-15)18-8-13-9-23-5-6-24(10-16(23)21-13)17(25)12-3-4-12/h7,9,11-12H,3-6,8,10H2,1-2H3,(H,18,19,20). The summed E-state index contributed by atoms with van der Waals surface area (Å²) in [5, 5.41) is 3.29. The van der Waals surface area contributed by atoms with Crippen LogP contribution in [0.3, 0.4) is 0 Å². The number of carbonyl (C=O) groups excluding carboxylic acids is 1. The Morgan fingerprint density at radius 3 is 2.92 bits per heavy atom. The number of nitrogens with zero attached hydrogens (tertiary/aromatic N) is 6.